The zero-order chi connectivity index (χ0) is 7.86. The molecule has 0 aromatic rings. The van der Waals surface area contributed by atoms with Crippen molar-refractivity contribution in [1.29, 1.82) is 0 Å². The molecule has 0 saturated heterocycles. The fourth-order valence-corrected chi connectivity index (χ4v) is 0. The molecule has 0 fully saturated rings. The molecule has 7 radical (unpaired) electrons. The van der Waals surface area contributed by atoms with Gasteiger partial charge in [-0.1, -0.05) is 0 Å². The summed E-state index contributed by atoms with van der Waals surface area (Å²) in [6.45, 7) is 0.972. The van der Waals surface area contributed by atoms with E-state index < -0.39 is 11.9 Å². The maximum absolute atomic E-state index is 9.38. The number of carbonyl (C=O) groups excluding carboxylic acids is 1. The SMILES string of the molecule is CC(=O)[O-].O=C(O)[CH2][Mg+2].[Zr]. The molecule has 0 rings (SSSR count). The summed E-state index contributed by atoms with van der Waals surface area (Å²) in [5.74, 6) is -1.82. The summed E-state index contributed by atoms with van der Waals surface area (Å²) in [6, 6.07) is 0. The Labute approximate surface area is 90.6 Å². The standard InChI is InChI=1S/C2H4O2.C2H3O2.Mg.Zr/c2*1-2(3)4;;/h1H3,(H,3,4);1H2,(H,3,4);;/q;;+2;/p-1. The summed E-state index contributed by atoms with van der Waals surface area (Å²) in [4.78, 5) is 18.3. The zero-order valence-corrected chi connectivity index (χ0v) is 9.46. The van der Waals surface area contributed by atoms with E-state index in [9.17, 15) is 4.79 Å². The molecule has 6 heteroatoms. The van der Waals surface area contributed by atoms with E-state index in [2.05, 4.69) is 0 Å². The molecule has 10 heavy (non-hydrogen) atoms. The van der Waals surface area contributed by atoms with E-state index in [-0.39, 0.29) is 30.8 Å². The van der Waals surface area contributed by atoms with Crippen molar-refractivity contribution in [2.24, 2.45) is 0 Å². The van der Waals surface area contributed by atoms with Crippen molar-refractivity contribution in [3.63, 3.8) is 0 Å². The molecule has 0 bridgehead atoms. The molecule has 0 saturated carbocycles. The number of aliphatic carboxylic acids is 2. The third-order valence-corrected chi connectivity index (χ3v) is 0.642. The maximum Gasteiger partial charge on any atom is 1.43 e. The monoisotopic (exact) mass is 232 g/mol. The van der Waals surface area contributed by atoms with Gasteiger partial charge in [0.25, 0.3) is 0 Å². The molecular weight excluding hydrogens is 228 g/mol. The van der Waals surface area contributed by atoms with Gasteiger partial charge in [-0.05, 0) is 6.92 Å². The predicted octanol–water partition coefficient (Wildman–Crippen LogP) is -1.59. The second kappa shape index (κ2) is 12.3. The molecule has 0 atom stereocenters. The van der Waals surface area contributed by atoms with Gasteiger partial charge < -0.3 is 15.0 Å². The summed E-state index contributed by atoms with van der Waals surface area (Å²) >= 11 is 1.43. The molecule has 4 nitrogen and oxygen atoms in total. The van der Waals surface area contributed by atoms with Gasteiger partial charge in [-0.2, -0.15) is 0 Å². The molecule has 0 aliphatic carbocycles. The molecule has 0 spiro atoms. The van der Waals surface area contributed by atoms with Crippen LogP contribution in [0.25, 0.3) is 0 Å². The van der Waals surface area contributed by atoms with Crippen LogP contribution in [0, 0.1) is 0 Å². The van der Waals surface area contributed by atoms with Gasteiger partial charge in [-0.15, -0.1) is 0 Å². The summed E-state index contributed by atoms with van der Waals surface area (Å²) in [5.41, 5.74) is 0. The van der Waals surface area contributed by atoms with Crippen LogP contribution in [0.1, 0.15) is 6.92 Å². The van der Waals surface area contributed by atoms with Gasteiger partial charge in [0.05, 0.1) is 0 Å². The van der Waals surface area contributed by atoms with Crippen LogP contribution in [0.5, 0.6) is 0 Å². The van der Waals surface area contributed by atoms with Crippen molar-refractivity contribution in [2.75, 3.05) is 0 Å². The Morgan fingerprint density at radius 2 is 1.70 bits per heavy atom. The summed E-state index contributed by atoms with van der Waals surface area (Å²) in [6.07, 6.45) is 0. The first-order valence-electron chi connectivity index (χ1n) is 2.19. The van der Waals surface area contributed by atoms with E-state index in [4.69, 9.17) is 15.0 Å². The Bertz CT molecular complexity index is 101. The van der Waals surface area contributed by atoms with Crippen molar-refractivity contribution < 1.29 is 46.0 Å². The second-order valence-electron chi connectivity index (χ2n) is 1.14. The Kier molecular flexibility index (Phi) is 20.8. The topological polar surface area (TPSA) is 77.4 Å². The predicted molar refractivity (Wildman–Crippen MR) is 28.9 cm³/mol. The summed E-state index contributed by atoms with van der Waals surface area (Å²) < 4.78 is 0.250. The fourth-order valence-electron chi connectivity index (χ4n) is 0. The third kappa shape index (κ3) is 73.8. The molecule has 0 amide bonds. The Hall–Kier alpha value is 0.589. The first-order valence-corrected chi connectivity index (χ1v) is 3.19. The van der Waals surface area contributed by atoms with Crippen LogP contribution < -0.4 is 5.11 Å². The van der Waals surface area contributed by atoms with Gasteiger partial charge in [-0.3, -0.25) is 0 Å². The van der Waals surface area contributed by atoms with Crippen molar-refractivity contribution in [3.05, 3.63) is 0 Å². The Morgan fingerprint density at radius 1 is 1.60 bits per heavy atom. The Morgan fingerprint density at radius 3 is 1.70 bits per heavy atom. The van der Waals surface area contributed by atoms with Gasteiger partial charge in [0, 0.05) is 32.2 Å². The molecule has 1 N–H and O–H groups in total. The molecular formula is C4H6MgO4Zr+. The van der Waals surface area contributed by atoms with Crippen LogP contribution in [0.15, 0.2) is 0 Å². The zero-order valence-electron chi connectivity index (χ0n) is 5.59. The number of hydrogen-bond acceptors (Lipinski definition) is 3. The largest absolute Gasteiger partial charge is 1.43 e. The van der Waals surface area contributed by atoms with E-state index in [1.54, 1.807) is 0 Å². The molecule has 0 aliphatic heterocycles. The van der Waals surface area contributed by atoms with Crippen LogP contribution in [-0.4, -0.2) is 38.8 Å². The van der Waals surface area contributed by atoms with Gasteiger partial charge in [0.1, 0.15) is 0 Å². The van der Waals surface area contributed by atoms with Crippen molar-refractivity contribution in [2.45, 2.75) is 11.5 Å². The number of hydrogen-bond donors (Lipinski definition) is 1. The van der Waals surface area contributed by atoms with E-state index in [0.717, 1.165) is 6.92 Å². The molecule has 0 unspecified atom stereocenters. The summed E-state index contributed by atoms with van der Waals surface area (Å²) in [7, 11) is 0. The third-order valence-electron chi connectivity index (χ3n) is 0.214. The molecule has 0 aliphatic rings. The van der Waals surface area contributed by atoms with Crippen molar-refractivity contribution in [1.82, 2.24) is 0 Å². The quantitative estimate of drug-likeness (QED) is 0.554. The van der Waals surface area contributed by atoms with Gasteiger partial charge >= 0.3 is 32.2 Å². The van der Waals surface area contributed by atoms with Crippen molar-refractivity contribution >= 4 is 33.6 Å². The van der Waals surface area contributed by atoms with Gasteiger partial charge in [0.15, 0.2) is 0 Å². The van der Waals surface area contributed by atoms with Crippen molar-refractivity contribution in [3.8, 4) is 0 Å². The number of carboxylic acids is 2. The minimum absolute atomic E-state index is 0. The number of carboxylic acid groups (broad SMARTS) is 2. The van der Waals surface area contributed by atoms with Crippen LogP contribution in [0.3, 0.4) is 0 Å². The molecule has 0 aromatic heterocycles. The Balaban J connectivity index is -0.0000000910. The first-order chi connectivity index (χ1) is 4.00. The van der Waals surface area contributed by atoms with E-state index in [1.807, 2.05) is 0 Å². The minimum atomic E-state index is -1.08. The molecule has 0 heterocycles. The smallest absolute Gasteiger partial charge is 0.550 e. The normalized spacial score (nSPS) is 6.20. The van der Waals surface area contributed by atoms with E-state index in [0.29, 0.717) is 0 Å². The molecule has 0 aromatic carbocycles. The average Bonchev–Trinajstić information content (AvgIpc) is 1.65. The van der Waals surface area contributed by atoms with Crippen LogP contribution in [0.2, 0.25) is 4.55 Å². The summed E-state index contributed by atoms with van der Waals surface area (Å²) in [5, 5.41) is 16.6. The number of carbonyl (C=O) groups is 2. The van der Waals surface area contributed by atoms with Crippen LogP contribution in [-0.2, 0) is 35.8 Å². The minimum Gasteiger partial charge on any atom is -0.550 e. The van der Waals surface area contributed by atoms with Crippen LogP contribution in [0.4, 0.5) is 0 Å². The maximum atomic E-state index is 9.38. The van der Waals surface area contributed by atoms with Gasteiger partial charge in [0.2, 0.25) is 0 Å². The second-order valence-corrected chi connectivity index (χ2v) is 1.64. The molecule has 51 valence electrons. The van der Waals surface area contributed by atoms with Crippen LogP contribution >= 0.6 is 0 Å². The first kappa shape index (κ1) is 16.9. The van der Waals surface area contributed by atoms with Gasteiger partial charge in [-0.25, -0.2) is 4.79 Å². The average molecular weight is 234 g/mol. The van der Waals surface area contributed by atoms with E-state index in [1.165, 1.54) is 21.7 Å². The fraction of sp³-hybridized carbons (Fsp3) is 0.500. The number of rotatable bonds is 1. The van der Waals surface area contributed by atoms with E-state index >= 15 is 0 Å².